The Bertz CT molecular complexity index is 400. The van der Waals surface area contributed by atoms with Crippen LogP contribution in [0.4, 0.5) is 11.5 Å². The van der Waals surface area contributed by atoms with Gasteiger partial charge in [0.05, 0.1) is 16.4 Å². The minimum Gasteiger partial charge on any atom is -0.397 e. The van der Waals surface area contributed by atoms with Gasteiger partial charge in [0.25, 0.3) is 0 Å². The van der Waals surface area contributed by atoms with Crippen LogP contribution in [0.1, 0.15) is 44.1 Å². The van der Waals surface area contributed by atoms with Gasteiger partial charge in [-0.1, -0.05) is 25.7 Å². The van der Waals surface area contributed by atoms with E-state index < -0.39 is 0 Å². The third-order valence-corrected chi connectivity index (χ3v) is 4.83. The molecule has 3 N–H and O–H groups in total. The number of pyridine rings is 1. The van der Waals surface area contributed by atoms with Gasteiger partial charge >= 0.3 is 0 Å². The molecule has 1 aliphatic rings. The molecule has 0 bridgehead atoms. The van der Waals surface area contributed by atoms with E-state index >= 15 is 0 Å². The fourth-order valence-electron chi connectivity index (χ4n) is 2.61. The summed E-state index contributed by atoms with van der Waals surface area (Å²) >= 11 is 3.54. The lowest BCUT2D eigenvalue weighted by Crippen LogP contribution is -2.07. The Morgan fingerprint density at radius 2 is 2.17 bits per heavy atom. The largest absolute Gasteiger partial charge is 0.397 e. The van der Waals surface area contributed by atoms with Crippen molar-refractivity contribution >= 4 is 27.4 Å². The van der Waals surface area contributed by atoms with E-state index in [9.17, 15) is 0 Å². The first-order chi connectivity index (χ1) is 8.68. The number of nitrogen functional groups attached to an aromatic ring is 1. The molecule has 3 nitrogen and oxygen atoms in total. The number of hydrogen-bond donors (Lipinski definition) is 2. The van der Waals surface area contributed by atoms with Crippen molar-refractivity contribution < 1.29 is 0 Å². The van der Waals surface area contributed by atoms with Gasteiger partial charge in [0.2, 0.25) is 0 Å². The maximum absolute atomic E-state index is 5.81. The average Bonchev–Trinajstić information content (AvgIpc) is 2.87. The Kier molecular flexibility index (Phi) is 4.87. The Morgan fingerprint density at radius 1 is 1.44 bits per heavy atom. The number of nitrogens with zero attached hydrogens (tertiary/aromatic N) is 1. The Balaban J connectivity index is 1.77. The van der Waals surface area contributed by atoms with Gasteiger partial charge < -0.3 is 11.1 Å². The molecule has 1 heterocycles. The fourth-order valence-corrected chi connectivity index (χ4v) is 3.08. The number of nitrogens with two attached hydrogens (primary N) is 1. The van der Waals surface area contributed by atoms with Crippen LogP contribution in [0.25, 0.3) is 0 Å². The van der Waals surface area contributed by atoms with Gasteiger partial charge in [0.1, 0.15) is 5.82 Å². The predicted molar refractivity (Wildman–Crippen MR) is 80.8 cm³/mol. The molecule has 0 aliphatic heterocycles. The van der Waals surface area contributed by atoms with Crippen molar-refractivity contribution in [3.05, 3.63) is 16.2 Å². The van der Waals surface area contributed by atoms with Gasteiger partial charge in [-0.15, -0.1) is 0 Å². The lowest BCUT2D eigenvalue weighted by atomic mass is 10.0. The summed E-state index contributed by atoms with van der Waals surface area (Å²) in [6.45, 7) is 3.00. The molecule has 1 fully saturated rings. The van der Waals surface area contributed by atoms with E-state index in [2.05, 4.69) is 26.2 Å². The smallest absolute Gasteiger partial charge is 0.140 e. The molecule has 0 saturated heterocycles. The zero-order valence-electron chi connectivity index (χ0n) is 11.0. The van der Waals surface area contributed by atoms with Crippen molar-refractivity contribution in [2.24, 2.45) is 5.92 Å². The molecule has 0 spiro atoms. The molecular formula is C14H22BrN3. The molecule has 1 aromatic heterocycles. The zero-order valence-corrected chi connectivity index (χ0v) is 12.6. The average molecular weight is 312 g/mol. The van der Waals surface area contributed by atoms with Crippen LogP contribution in [0, 0.1) is 12.8 Å². The SMILES string of the molecule is Cc1c(N)cnc(NCCCC2CCCC2)c1Br. The molecule has 0 atom stereocenters. The topological polar surface area (TPSA) is 50.9 Å². The van der Waals surface area contributed by atoms with Crippen LogP contribution in [0.5, 0.6) is 0 Å². The van der Waals surface area contributed by atoms with Gasteiger partial charge in [0, 0.05) is 6.54 Å². The van der Waals surface area contributed by atoms with Crippen molar-refractivity contribution in [3.8, 4) is 0 Å². The molecule has 0 unspecified atom stereocenters. The van der Waals surface area contributed by atoms with Crippen molar-refractivity contribution in [1.82, 2.24) is 4.98 Å². The van der Waals surface area contributed by atoms with Gasteiger partial charge in [-0.3, -0.25) is 0 Å². The van der Waals surface area contributed by atoms with Crippen molar-refractivity contribution in [2.75, 3.05) is 17.6 Å². The highest BCUT2D eigenvalue weighted by Gasteiger charge is 2.14. The van der Waals surface area contributed by atoms with E-state index in [4.69, 9.17) is 5.73 Å². The van der Waals surface area contributed by atoms with Crippen LogP contribution in [0.2, 0.25) is 0 Å². The van der Waals surface area contributed by atoms with Crippen molar-refractivity contribution in [1.29, 1.82) is 0 Å². The lowest BCUT2D eigenvalue weighted by molar-refractivity contribution is 0.491. The maximum Gasteiger partial charge on any atom is 0.140 e. The number of halogens is 1. The quantitative estimate of drug-likeness (QED) is 0.804. The molecule has 1 aliphatic carbocycles. The fraction of sp³-hybridized carbons (Fsp3) is 0.643. The summed E-state index contributed by atoms with van der Waals surface area (Å²) in [6.07, 6.45) is 10.0. The minimum absolute atomic E-state index is 0.735. The molecule has 18 heavy (non-hydrogen) atoms. The van der Waals surface area contributed by atoms with Crippen molar-refractivity contribution in [2.45, 2.75) is 45.4 Å². The van der Waals surface area contributed by atoms with E-state index in [1.54, 1.807) is 6.20 Å². The third kappa shape index (κ3) is 3.37. The van der Waals surface area contributed by atoms with E-state index in [1.807, 2.05) is 6.92 Å². The van der Waals surface area contributed by atoms with E-state index in [-0.39, 0.29) is 0 Å². The normalized spacial score (nSPS) is 16.1. The lowest BCUT2D eigenvalue weighted by Gasteiger charge is -2.12. The summed E-state index contributed by atoms with van der Waals surface area (Å²) < 4.78 is 0.989. The van der Waals surface area contributed by atoms with Crippen molar-refractivity contribution in [3.63, 3.8) is 0 Å². The minimum atomic E-state index is 0.735. The summed E-state index contributed by atoms with van der Waals surface area (Å²) in [6, 6.07) is 0. The standard InChI is InChI=1S/C14H22BrN3/c1-10-12(16)9-18-14(13(10)15)17-8-4-7-11-5-2-3-6-11/h9,11H,2-8,16H2,1H3,(H,17,18). The van der Waals surface area contributed by atoms with Crippen LogP contribution >= 0.6 is 15.9 Å². The molecule has 1 aromatic rings. The van der Waals surface area contributed by atoms with Crippen LogP contribution in [0.3, 0.4) is 0 Å². The molecule has 100 valence electrons. The van der Waals surface area contributed by atoms with Crippen LogP contribution in [-0.4, -0.2) is 11.5 Å². The molecule has 0 radical (unpaired) electrons. The number of nitrogens with one attached hydrogen (secondary N) is 1. The highest BCUT2D eigenvalue weighted by Crippen LogP contribution is 2.29. The summed E-state index contributed by atoms with van der Waals surface area (Å²) in [5.74, 6) is 1.88. The molecule has 0 amide bonds. The molecule has 0 aromatic carbocycles. The predicted octanol–water partition coefficient (Wildman–Crippen LogP) is 4.12. The number of aromatic nitrogens is 1. The molecule has 1 saturated carbocycles. The first kappa shape index (κ1) is 13.7. The highest BCUT2D eigenvalue weighted by atomic mass is 79.9. The monoisotopic (exact) mass is 311 g/mol. The van der Waals surface area contributed by atoms with Crippen LogP contribution < -0.4 is 11.1 Å². The van der Waals surface area contributed by atoms with Gasteiger partial charge in [-0.2, -0.15) is 0 Å². The zero-order chi connectivity index (χ0) is 13.0. The molecule has 2 rings (SSSR count). The summed E-state index contributed by atoms with van der Waals surface area (Å²) in [5.41, 5.74) is 7.60. The van der Waals surface area contributed by atoms with Crippen LogP contribution in [-0.2, 0) is 0 Å². The first-order valence-electron chi connectivity index (χ1n) is 6.83. The number of anilines is 2. The second-order valence-corrected chi connectivity index (χ2v) is 6.01. The molecule has 4 heteroatoms. The van der Waals surface area contributed by atoms with Crippen LogP contribution in [0.15, 0.2) is 10.7 Å². The van der Waals surface area contributed by atoms with E-state index in [1.165, 1.54) is 38.5 Å². The maximum atomic E-state index is 5.81. The Hall–Kier alpha value is -0.770. The van der Waals surface area contributed by atoms with Gasteiger partial charge in [0.15, 0.2) is 0 Å². The highest BCUT2D eigenvalue weighted by molar-refractivity contribution is 9.10. The summed E-state index contributed by atoms with van der Waals surface area (Å²) in [5, 5.41) is 3.39. The first-order valence-corrected chi connectivity index (χ1v) is 7.62. The molecular weight excluding hydrogens is 290 g/mol. The van der Waals surface area contributed by atoms with Gasteiger partial charge in [-0.25, -0.2) is 4.98 Å². The summed E-state index contributed by atoms with van der Waals surface area (Å²) in [4.78, 5) is 4.32. The number of hydrogen-bond acceptors (Lipinski definition) is 3. The van der Waals surface area contributed by atoms with E-state index in [0.717, 1.165) is 34.0 Å². The second-order valence-electron chi connectivity index (χ2n) is 5.22. The Labute approximate surface area is 118 Å². The van der Waals surface area contributed by atoms with E-state index in [0.29, 0.717) is 0 Å². The summed E-state index contributed by atoms with van der Waals surface area (Å²) in [7, 11) is 0. The Morgan fingerprint density at radius 3 is 2.89 bits per heavy atom. The third-order valence-electron chi connectivity index (χ3n) is 3.86. The van der Waals surface area contributed by atoms with Gasteiger partial charge in [-0.05, 0) is 47.2 Å². The number of rotatable bonds is 5. The second kappa shape index (κ2) is 6.41.